The van der Waals surface area contributed by atoms with E-state index in [0.29, 0.717) is 18.0 Å². The normalized spacial score (nSPS) is 9.71. The number of carbonyl (C=O) groups excluding carboxylic acids is 2. The molecule has 0 saturated heterocycles. The van der Waals surface area contributed by atoms with E-state index in [1.807, 2.05) is 13.8 Å². The Hall–Kier alpha value is -2.39. The van der Waals surface area contributed by atoms with Gasteiger partial charge in [-0.2, -0.15) is 0 Å². The van der Waals surface area contributed by atoms with Crippen molar-refractivity contribution >= 4 is 11.8 Å². The maximum atomic E-state index is 11.8. The Morgan fingerprint density at radius 3 is 2.67 bits per heavy atom. The van der Waals surface area contributed by atoms with Gasteiger partial charge in [0, 0.05) is 18.3 Å². The van der Waals surface area contributed by atoms with E-state index in [1.165, 1.54) is 6.20 Å². The predicted octanol–water partition coefficient (Wildman–Crippen LogP) is -0.106. The van der Waals surface area contributed by atoms with E-state index in [2.05, 4.69) is 27.5 Å². The smallest absolute Gasteiger partial charge is 0.270 e. The van der Waals surface area contributed by atoms with E-state index in [4.69, 9.17) is 5.73 Å². The third-order valence-electron chi connectivity index (χ3n) is 2.45. The molecule has 1 aromatic heterocycles. The van der Waals surface area contributed by atoms with E-state index in [9.17, 15) is 9.59 Å². The lowest BCUT2D eigenvalue weighted by molar-refractivity contribution is -0.120. The Balaban J connectivity index is 2.47. The molecular weight excluding hydrogens is 268 g/mol. The number of hydrogen-bond acceptors (Lipinski definition) is 4. The minimum atomic E-state index is -0.395. The van der Waals surface area contributed by atoms with Gasteiger partial charge in [0.2, 0.25) is 5.91 Å². The van der Waals surface area contributed by atoms with E-state index < -0.39 is 5.91 Å². The number of rotatable bonds is 5. The molecule has 6 nitrogen and oxygen atoms in total. The highest BCUT2D eigenvalue weighted by Crippen LogP contribution is 1.98. The molecule has 0 aliphatic carbocycles. The minimum absolute atomic E-state index is 0.0675. The van der Waals surface area contributed by atoms with Gasteiger partial charge in [-0.05, 0) is 18.1 Å². The number of nitrogens with one attached hydrogen (secondary N) is 2. The van der Waals surface area contributed by atoms with Gasteiger partial charge < -0.3 is 16.4 Å². The molecule has 0 fully saturated rings. The predicted molar refractivity (Wildman–Crippen MR) is 80.4 cm³/mol. The summed E-state index contributed by atoms with van der Waals surface area (Å²) in [6, 6.07) is 3.24. The van der Waals surface area contributed by atoms with Crippen LogP contribution in [0.2, 0.25) is 0 Å². The first-order chi connectivity index (χ1) is 10.0. The summed E-state index contributed by atoms with van der Waals surface area (Å²) in [6.07, 6.45) is 1.50. The van der Waals surface area contributed by atoms with Crippen LogP contribution in [-0.4, -0.2) is 36.4 Å². The minimum Gasteiger partial charge on any atom is -0.354 e. The molecule has 0 bridgehead atoms. The summed E-state index contributed by atoms with van der Waals surface area (Å²) in [5, 5.41) is 5.23. The summed E-state index contributed by atoms with van der Waals surface area (Å²) in [5.41, 5.74) is 6.20. The fourth-order valence-electron chi connectivity index (χ4n) is 1.39. The lowest BCUT2D eigenvalue weighted by atomic mass is 10.2. The second kappa shape index (κ2) is 8.72. The second-order valence-corrected chi connectivity index (χ2v) is 4.82. The zero-order chi connectivity index (χ0) is 15.7. The number of aromatic nitrogens is 1. The van der Waals surface area contributed by atoms with Crippen molar-refractivity contribution < 1.29 is 9.59 Å². The standard InChI is InChI=1S/C15H20N4O2/c1-11(2)8-18-14(20)10-19-15(21)13-6-5-12(9-17-13)4-3-7-16/h5-6,9,11H,7-8,10,16H2,1-2H3,(H,18,20)(H,19,21). The van der Waals surface area contributed by atoms with Crippen molar-refractivity contribution in [3.63, 3.8) is 0 Å². The first-order valence-corrected chi connectivity index (χ1v) is 6.72. The topological polar surface area (TPSA) is 97.1 Å². The molecule has 0 radical (unpaired) electrons. The molecule has 0 unspecified atom stereocenters. The van der Waals surface area contributed by atoms with Crippen molar-refractivity contribution in [2.45, 2.75) is 13.8 Å². The fraction of sp³-hybridized carbons (Fsp3) is 0.400. The molecule has 4 N–H and O–H groups in total. The number of nitrogens with two attached hydrogens (primary N) is 1. The van der Waals surface area contributed by atoms with Crippen LogP contribution < -0.4 is 16.4 Å². The Morgan fingerprint density at radius 1 is 1.33 bits per heavy atom. The summed E-state index contributed by atoms with van der Waals surface area (Å²) < 4.78 is 0. The highest BCUT2D eigenvalue weighted by Gasteiger charge is 2.09. The van der Waals surface area contributed by atoms with E-state index >= 15 is 0 Å². The summed E-state index contributed by atoms with van der Waals surface area (Å²) in [6.45, 7) is 4.78. The number of amides is 2. The van der Waals surface area contributed by atoms with Gasteiger partial charge in [-0.15, -0.1) is 0 Å². The van der Waals surface area contributed by atoms with Crippen molar-refractivity contribution in [1.29, 1.82) is 0 Å². The fourth-order valence-corrected chi connectivity index (χ4v) is 1.39. The van der Waals surface area contributed by atoms with Gasteiger partial charge >= 0.3 is 0 Å². The van der Waals surface area contributed by atoms with Crippen LogP contribution in [0.15, 0.2) is 18.3 Å². The molecule has 21 heavy (non-hydrogen) atoms. The molecule has 0 atom stereocenters. The van der Waals surface area contributed by atoms with Gasteiger partial charge in [0.1, 0.15) is 5.69 Å². The molecule has 0 aliphatic heterocycles. The number of hydrogen-bond donors (Lipinski definition) is 3. The third-order valence-corrected chi connectivity index (χ3v) is 2.45. The van der Waals surface area contributed by atoms with Crippen LogP contribution in [0.5, 0.6) is 0 Å². The number of pyridine rings is 1. The molecule has 1 rings (SSSR count). The highest BCUT2D eigenvalue weighted by atomic mass is 16.2. The van der Waals surface area contributed by atoms with Crippen LogP contribution in [0.4, 0.5) is 0 Å². The average Bonchev–Trinajstić information content (AvgIpc) is 2.49. The molecule has 1 heterocycles. The van der Waals surface area contributed by atoms with E-state index in [1.54, 1.807) is 12.1 Å². The first-order valence-electron chi connectivity index (χ1n) is 6.72. The van der Waals surface area contributed by atoms with E-state index in [-0.39, 0.29) is 24.7 Å². The SMILES string of the molecule is CC(C)CNC(=O)CNC(=O)c1ccc(C#CCN)cn1. The Labute approximate surface area is 124 Å². The average molecular weight is 288 g/mol. The van der Waals surface area contributed by atoms with Gasteiger partial charge in [-0.25, -0.2) is 4.98 Å². The largest absolute Gasteiger partial charge is 0.354 e. The van der Waals surface area contributed by atoms with Crippen LogP contribution in [-0.2, 0) is 4.79 Å². The molecule has 0 aromatic carbocycles. The van der Waals surface area contributed by atoms with Gasteiger partial charge in [0.15, 0.2) is 0 Å². The third kappa shape index (κ3) is 6.54. The summed E-state index contributed by atoms with van der Waals surface area (Å²) in [5.74, 6) is 5.27. The Kier molecular flexibility index (Phi) is 6.92. The van der Waals surface area contributed by atoms with Crippen LogP contribution >= 0.6 is 0 Å². The molecule has 0 aliphatic rings. The zero-order valence-electron chi connectivity index (χ0n) is 12.3. The Morgan fingerprint density at radius 2 is 2.10 bits per heavy atom. The van der Waals surface area contributed by atoms with E-state index in [0.717, 1.165) is 0 Å². The summed E-state index contributed by atoms with van der Waals surface area (Å²) in [7, 11) is 0. The quantitative estimate of drug-likeness (QED) is 0.659. The Bertz CT molecular complexity index is 541. The number of carbonyl (C=O) groups is 2. The molecular formula is C15H20N4O2. The summed E-state index contributed by atoms with van der Waals surface area (Å²) >= 11 is 0. The molecule has 0 saturated carbocycles. The van der Waals surface area contributed by atoms with Crippen molar-refractivity contribution in [3.8, 4) is 11.8 Å². The second-order valence-electron chi connectivity index (χ2n) is 4.82. The molecule has 112 valence electrons. The van der Waals surface area contributed by atoms with Crippen LogP contribution in [0.3, 0.4) is 0 Å². The van der Waals surface area contributed by atoms with Gasteiger partial charge in [-0.1, -0.05) is 25.7 Å². The van der Waals surface area contributed by atoms with Gasteiger partial charge in [0.25, 0.3) is 5.91 Å². The lowest BCUT2D eigenvalue weighted by Gasteiger charge is -2.08. The zero-order valence-corrected chi connectivity index (χ0v) is 12.3. The maximum absolute atomic E-state index is 11.8. The lowest BCUT2D eigenvalue weighted by Crippen LogP contribution is -2.38. The monoisotopic (exact) mass is 288 g/mol. The molecule has 6 heteroatoms. The van der Waals surface area contributed by atoms with Crippen LogP contribution in [0.1, 0.15) is 29.9 Å². The number of nitrogens with zero attached hydrogens (tertiary/aromatic N) is 1. The van der Waals surface area contributed by atoms with Crippen LogP contribution in [0, 0.1) is 17.8 Å². The molecule has 1 aromatic rings. The van der Waals surface area contributed by atoms with Crippen molar-refractivity contribution in [2.75, 3.05) is 19.6 Å². The van der Waals surface area contributed by atoms with Crippen molar-refractivity contribution in [1.82, 2.24) is 15.6 Å². The molecule has 2 amide bonds. The van der Waals surface area contributed by atoms with Gasteiger partial charge in [-0.3, -0.25) is 9.59 Å². The highest BCUT2D eigenvalue weighted by molar-refractivity contribution is 5.94. The summed E-state index contributed by atoms with van der Waals surface area (Å²) in [4.78, 5) is 27.3. The first kappa shape index (κ1) is 16.7. The maximum Gasteiger partial charge on any atom is 0.270 e. The molecule has 0 spiro atoms. The van der Waals surface area contributed by atoms with Gasteiger partial charge in [0.05, 0.1) is 13.1 Å². The van der Waals surface area contributed by atoms with Crippen molar-refractivity contribution in [2.24, 2.45) is 11.7 Å². The van der Waals surface area contributed by atoms with Crippen LogP contribution in [0.25, 0.3) is 0 Å². The van der Waals surface area contributed by atoms with Crippen molar-refractivity contribution in [3.05, 3.63) is 29.6 Å².